The minimum atomic E-state index is -0.483. The summed E-state index contributed by atoms with van der Waals surface area (Å²) in [6.07, 6.45) is 1.66. The van der Waals surface area contributed by atoms with E-state index in [2.05, 4.69) is 37.9 Å². The molecular weight excluding hydrogens is 536 g/mol. The van der Waals surface area contributed by atoms with Crippen molar-refractivity contribution in [3.8, 4) is 11.8 Å². The van der Waals surface area contributed by atoms with Crippen LogP contribution in [0.1, 0.15) is 16.7 Å². The standard InChI is InChI=1S/C22H13Br2ClN2O3/c23-18-5-1-14(2-6-18)13-30-22-20(24)10-15(11-21(22)25)9-17(12-26)16-3-7-19(8-4-16)27(28)29/h1-11H,13H2/b17-9-. The predicted octanol–water partition coefficient (Wildman–Crippen LogP) is 7.42. The van der Waals surface area contributed by atoms with Crippen LogP contribution in [0.2, 0.25) is 5.02 Å². The summed E-state index contributed by atoms with van der Waals surface area (Å²) in [6.45, 7) is 0.354. The van der Waals surface area contributed by atoms with Crippen LogP contribution in [0.3, 0.4) is 0 Å². The smallest absolute Gasteiger partial charge is 0.269 e. The molecule has 0 atom stereocenters. The fourth-order valence-electron chi connectivity index (χ4n) is 2.65. The second-order valence-corrected chi connectivity index (χ2v) is 8.38. The molecule has 0 unspecified atom stereocenters. The van der Waals surface area contributed by atoms with Crippen molar-refractivity contribution in [2.45, 2.75) is 6.61 Å². The van der Waals surface area contributed by atoms with E-state index in [9.17, 15) is 15.4 Å². The van der Waals surface area contributed by atoms with E-state index in [1.165, 1.54) is 12.1 Å². The number of hydrogen-bond donors (Lipinski definition) is 0. The Morgan fingerprint density at radius 2 is 1.80 bits per heavy atom. The van der Waals surface area contributed by atoms with Gasteiger partial charge in [-0.3, -0.25) is 10.1 Å². The molecule has 0 saturated carbocycles. The largest absolute Gasteiger partial charge is 0.486 e. The van der Waals surface area contributed by atoms with E-state index < -0.39 is 4.92 Å². The lowest BCUT2D eigenvalue weighted by molar-refractivity contribution is -0.384. The zero-order valence-corrected chi connectivity index (χ0v) is 19.2. The van der Waals surface area contributed by atoms with E-state index in [4.69, 9.17) is 16.3 Å². The molecule has 0 aromatic heterocycles. The molecule has 3 rings (SSSR count). The van der Waals surface area contributed by atoms with Crippen LogP contribution >= 0.6 is 43.5 Å². The third kappa shape index (κ3) is 5.48. The number of halogens is 3. The van der Waals surface area contributed by atoms with Gasteiger partial charge in [-0.2, -0.15) is 5.26 Å². The number of nitro benzene ring substituents is 1. The number of nitrogens with zero attached hydrogens (tertiary/aromatic N) is 2. The van der Waals surface area contributed by atoms with Crippen molar-refractivity contribution in [3.63, 3.8) is 0 Å². The maximum atomic E-state index is 10.8. The zero-order chi connectivity index (χ0) is 21.7. The molecule has 0 aliphatic heterocycles. The Kier molecular flexibility index (Phi) is 7.27. The molecule has 8 heteroatoms. The molecule has 30 heavy (non-hydrogen) atoms. The van der Waals surface area contributed by atoms with Crippen molar-refractivity contribution < 1.29 is 9.66 Å². The lowest BCUT2D eigenvalue weighted by Gasteiger charge is -2.11. The fraction of sp³-hybridized carbons (Fsp3) is 0.0455. The summed E-state index contributed by atoms with van der Waals surface area (Å²) in [5, 5.41) is 20.7. The van der Waals surface area contributed by atoms with Gasteiger partial charge in [0.05, 0.1) is 26.1 Å². The molecule has 5 nitrogen and oxygen atoms in total. The lowest BCUT2D eigenvalue weighted by atomic mass is 10.0. The van der Waals surface area contributed by atoms with Crippen LogP contribution < -0.4 is 4.74 Å². The highest BCUT2D eigenvalue weighted by Gasteiger charge is 2.11. The molecule has 0 N–H and O–H groups in total. The summed E-state index contributed by atoms with van der Waals surface area (Å²) in [6, 6.07) is 19.2. The second-order valence-electron chi connectivity index (χ2n) is 6.20. The first kappa shape index (κ1) is 22.0. The first-order chi connectivity index (χ1) is 14.4. The summed E-state index contributed by atoms with van der Waals surface area (Å²) >= 11 is 13.3. The van der Waals surface area contributed by atoms with Gasteiger partial charge in [0.2, 0.25) is 0 Å². The van der Waals surface area contributed by atoms with Crippen LogP contribution in [-0.4, -0.2) is 4.92 Å². The van der Waals surface area contributed by atoms with E-state index in [-0.39, 0.29) is 5.69 Å². The van der Waals surface area contributed by atoms with Gasteiger partial charge in [0.15, 0.2) is 5.75 Å². The Morgan fingerprint density at radius 3 is 2.37 bits per heavy atom. The van der Waals surface area contributed by atoms with Gasteiger partial charge in [0.1, 0.15) is 6.61 Å². The van der Waals surface area contributed by atoms with Gasteiger partial charge in [0.25, 0.3) is 5.69 Å². The first-order valence-corrected chi connectivity index (χ1v) is 10.6. The highest BCUT2D eigenvalue weighted by Crippen LogP contribution is 2.36. The van der Waals surface area contributed by atoms with Gasteiger partial charge in [0, 0.05) is 16.6 Å². The predicted molar refractivity (Wildman–Crippen MR) is 124 cm³/mol. The van der Waals surface area contributed by atoms with Crippen molar-refractivity contribution >= 4 is 60.8 Å². The first-order valence-electron chi connectivity index (χ1n) is 8.60. The van der Waals surface area contributed by atoms with Crippen LogP contribution in [0.15, 0.2) is 69.6 Å². The van der Waals surface area contributed by atoms with Crippen LogP contribution in [0.25, 0.3) is 11.6 Å². The van der Waals surface area contributed by atoms with Crippen molar-refractivity contribution in [3.05, 3.63) is 101 Å². The van der Waals surface area contributed by atoms with Gasteiger partial charge in [-0.25, -0.2) is 0 Å². The minimum Gasteiger partial charge on any atom is -0.486 e. The Balaban J connectivity index is 1.83. The number of nitro groups is 1. The number of nitriles is 1. The summed E-state index contributed by atoms with van der Waals surface area (Å²) in [7, 11) is 0. The zero-order valence-electron chi connectivity index (χ0n) is 15.3. The quantitative estimate of drug-likeness (QED) is 0.139. The van der Waals surface area contributed by atoms with Gasteiger partial charge >= 0.3 is 0 Å². The van der Waals surface area contributed by atoms with Crippen molar-refractivity contribution in [1.82, 2.24) is 0 Å². The fourth-order valence-corrected chi connectivity index (χ4v) is 3.90. The van der Waals surface area contributed by atoms with Gasteiger partial charge in [-0.05, 0) is 75.1 Å². The number of allylic oxidation sites excluding steroid dienone is 1. The summed E-state index contributed by atoms with van der Waals surface area (Å²) in [5.41, 5.74) is 2.59. The van der Waals surface area contributed by atoms with Crippen LogP contribution in [0.4, 0.5) is 5.69 Å². The van der Waals surface area contributed by atoms with Gasteiger partial charge < -0.3 is 4.74 Å². The average Bonchev–Trinajstić information content (AvgIpc) is 2.73. The maximum absolute atomic E-state index is 10.8. The third-order valence-electron chi connectivity index (χ3n) is 4.14. The van der Waals surface area contributed by atoms with Gasteiger partial charge in [-0.1, -0.05) is 39.7 Å². The molecule has 0 aliphatic rings. The molecule has 0 fully saturated rings. The second kappa shape index (κ2) is 9.90. The Bertz CT molecular complexity index is 1130. The SMILES string of the molecule is N#C/C(=C/c1cc(Cl)c(OCc2ccc(Br)cc2)c(Br)c1)c1ccc([N+](=O)[O-])cc1. The van der Waals surface area contributed by atoms with Gasteiger partial charge in [-0.15, -0.1) is 0 Å². The van der Waals surface area contributed by atoms with E-state index in [0.29, 0.717) is 38.6 Å². The van der Waals surface area contributed by atoms with Crippen LogP contribution in [-0.2, 0) is 6.61 Å². The van der Waals surface area contributed by atoms with E-state index in [0.717, 1.165) is 10.0 Å². The van der Waals surface area contributed by atoms with Crippen LogP contribution in [0, 0.1) is 21.4 Å². The van der Waals surface area contributed by atoms with E-state index in [1.54, 1.807) is 30.3 Å². The normalized spacial score (nSPS) is 11.1. The van der Waals surface area contributed by atoms with Crippen LogP contribution in [0.5, 0.6) is 5.75 Å². The molecule has 150 valence electrons. The molecule has 0 radical (unpaired) electrons. The maximum Gasteiger partial charge on any atom is 0.269 e. The Morgan fingerprint density at radius 1 is 1.13 bits per heavy atom. The lowest BCUT2D eigenvalue weighted by Crippen LogP contribution is -1.97. The highest BCUT2D eigenvalue weighted by atomic mass is 79.9. The number of non-ortho nitro benzene ring substituents is 1. The van der Waals surface area contributed by atoms with E-state index >= 15 is 0 Å². The molecule has 0 heterocycles. The number of ether oxygens (including phenoxy) is 1. The van der Waals surface area contributed by atoms with Crippen molar-refractivity contribution in [1.29, 1.82) is 5.26 Å². The molecule has 3 aromatic carbocycles. The number of benzene rings is 3. The topological polar surface area (TPSA) is 76.2 Å². The van der Waals surface area contributed by atoms with E-state index in [1.807, 2.05) is 24.3 Å². The molecular formula is C22H13Br2ClN2O3. The monoisotopic (exact) mass is 546 g/mol. The highest BCUT2D eigenvalue weighted by molar-refractivity contribution is 9.10. The molecule has 0 saturated heterocycles. The molecule has 0 bridgehead atoms. The molecule has 3 aromatic rings. The average molecular weight is 549 g/mol. The summed E-state index contributed by atoms with van der Waals surface area (Å²) < 4.78 is 7.50. The summed E-state index contributed by atoms with van der Waals surface area (Å²) in [4.78, 5) is 10.3. The summed E-state index contributed by atoms with van der Waals surface area (Å²) in [5.74, 6) is 0.505. The molecule has 0 spiro atoms. The Labute approximate surface area is 195 Å². The molecule has 0 amide bonds. The van der Waals surface area contributed by atoms with Crippen molar-refractivity contribution in [2.24, 2.45) is 0 Å². The third-order valence-corrected chi connectivity index (χ3v) is 5.54. The van der Waals surface area contributed by atoms with Crippen molar-refractivity contribution in [2.75, 3.05) is 0 Å². The minimum absolute atomic E-state index is 0.0332. The molecule has 0 aliphatic carbocycles. The number of hydrogen-bond acceptors (Lipinski definition) is 4. The Hall–Kier alpha value is -2.66. The number of rotatable bonds is 6.